The first kappa shape index (κ1) is 15.5. The summed E-state index contributed by atoms with van der Waals surface area (Å²) in [5, 5.41) is 12.2. The Labute approximate surface area is 122 Å². The molecular weight excluding hydrogens is 306 g/mol. The lowest BCUT2D eigenvalue weighted by molar-refractivity contribution is -0.130. The predicted octanol–water partition coefficient (Wildman–Crippen LogP) is 3.01. The monoisotopic (exact) mass is 323 g/mol. The van der Waals surface area contributed by atoms with Gasteiger partial charge in [0.1, 0.15) is 6.04 Å². The number of nitrogens with zero attached hydrogens (tertiary/aromatic N) is 2. The van der Waals surface area contributed by atoms with E-state index >= 15 is 0 Å². The van der Waals surface area contributed by atoms with Crippen molar-refractivity contribution in [2.24, 2.45) is 0 Å². The first-order valence-electron chi connectivity index (χ1n) is 6.30. The molecule has 0 aliphatic carbocycles. The molecule has 1 amide bonds. The van der Waals surface area contributed by atoms with Gasteiger partial charge in [-0.2, -0.15) is 5.26 Å². The number of anilines is 1. The Bertz CT molecular complexity index is 449. The van der Waals surface area contributed by atoms with E-state index in [0.29, 0.717) is 13.1 Å². The van der Waals surface area contributed by atoms with Crippen LogP contribution in [0.15, 0.2) is 28.7 Å². The van der Waals surface area contributed by atoms with Gasteiger partial charge in [-0.3, -0.25) is 4.79 Å². The van der Waals surface area contributed by atoms with Crippen LogP contribution in [-0.4, -0.2) is 29.9 Å². The van der Waals surface area contributed by atoms with Gasteiger partial charge in [0, 0.05) is 23.2 Å². The molecular formula is C14H18BrN3O. The normalized spacial score (nSPS) is 11.5. The smallest absolute Gasteiger partial charge is 0.225 e. The fraction of sp³-hybridized carbons (Fsp3) is 0.429. The third-order valence-corrected chi connectivity index (χ3v) is 3.36. The van der Waals surface area contributed by atoms with Crippen molar-refractivity contribution in [3.63, 3.8) is 0 Å². The zero-order valence-corrected chi connectivity index (χ0v) is 12.8. The van der Waals surface area contributed by atoms with Crippen molar-refractivity contribution in [3.8, 4) is 6.07 Å². The molecule has 0 aromatic heterocycles. The Balaban J connectivity index is 2.62. The summed E-state index contributed by atoms with van der Waals surface area (Å²) < 4.78 is 0.978. The molecule has 1 unspecified atom stereocenters. The van der Waals surface area contributed by atoms with Gasteiger partial charge in [0.2, 0.25) is 5.91 Å². The van der Waals surface area contributed by atoms with E-state index in [4.69, 9.17) is 5.26 Å². The average molecular weight is 324 g/mol. The molecule has 0 radical (unpaired) electrons. The number of hydrogen-bond acceptors (Lipinski definition) is 3. The number of carbonyl (C=O) groups is 1. The molecule has 4 nitrogen and oxygen atoms in total. The van der Waals surface area contributed by atoms with Gasteiger partial charge in [-0.1, -0.05) is 15.9 Å². The lowest BCUT2D eigenvalue weighted by atomic mass is 10.2. The maximum Gasteiger partial charge on any atom is 0.225 e. The zero-order valence-electron chi connectivity index (χ0n) is 11.2. The van der Waals surface area contributed by atoms with Crippen molar-refractivity contribution in [1.82, 2.24) is 4.90 Å². The van der Waals surface area contributed by atoms with E-state index in [1.807, 2.05) is 38.1 Å². The van der Waals surface area contributed by atoms with Crippen LogP contribution >= 0.6 is 15.9 Å². The number of nitrogens with one attached hydrogen (secondary N) is 1. The van der Waals surface area contributed by atoms with E-state index in [-0.39, 0.29) is 12.3 Å². The molecule has 1 atom stereocenters. The SMILES string of the molecule is CCN(CC)C(=O)CC(C#N)Nc1ccc(Br)cc1. The fourth-order valence-corrected chi connectivity index (χ4v) is 2.02. The molecule has 1 aromatic carbocycles. The molecule has 0 saturated carbocycles. The number of halogens is 1. The van der Waals surface area contributed by atoms with Gasteiger partial charge in [-0.05, 0) is 38.1 Å². The fourth-order valence-electron chi connectivity index (χ4n) is 1.76. The minimum Gasteiger partial charge on any atom is -0.369 e. The summed E-state index contributed by atoms with van der Waals surface area (Å²) in [5.41, 5.74) is 0.835. The van der Waals surface area contributed by atoms with Crippen LogP contribution in [0.25, 0.3) is 0 Å². The summed E-state index contributed by atoms with van der Waals surface area (Å²) in [4.78, 5) is 13.7. The quantitative estimate of drug-likeness (QED) is 0.875. The highest BCUT2D eigenvalue weighted by atomic mass is 79.9. The number of amides is 1. The summed E-state index contributed by atoms with van der Waals surface area (Å²) >= 11 is 3.35. The standard InChI is InChI=1S/C14H18BrN3O/c1-3-18(4-2)14(19)9-13(10-16)17-12-7-5-11(15)6-8-12/h5-8,13,17H,3-4,9H2,1-2H3. The Hall–Kier alpha value is -1.54. The Morgan fingerprint density at radius 2 is 1.95 bits per heavy atom. The molecule has 0 aliphatic heterocycles. The van der Waals surface area contributed by atoms with Gasteiger partial charge >= 0.3 is 0 Å². The van der Waals surface area contributed by atoms with E-state index in [1.54, 1.807) is 4.90 Å². The second kappa shape index (κ2) is 7.80. The van der Waals surface area contributed by atoms with E-state index < -0.39 is 6.04 Å². The molecule has 1 N–H and O–H groups in total. The maximum absolute atomic E-state index is 11.9. The van der Waals surface area contributed by atoms with Crippen LogP contribution < -0.4 is 5.32 Å². The van der Waals surface area contributed by atoms with Gasteiger partial charge in [0.05, 0.1) is 12.5 Å². The summed E-state index contributed by atoms with van der Waals surface area (Å²) in [6, 6.07) is 9.15. The minimum atomic E-state index is -0.505. The predicted molar refractivity (Wildman–Crippen MR) is 79.7 cm³/mol. The van der Waals surface area contributed by atoms with Crippen molar-refractivity contribution in [1.29, 1.82) is 5.26 Å². The van der Waals surface area contributed by atoms with Gasteiger partial charge in [-0.25, -0.2) is 0 Å². The zero-order chi connectivity index (χ0) is 14.3. The Morgan fingerprint density at radius 1 is 1.37 bits per heavy atom. The van der Waals surface area contributed by atoms with Crippen molar-refractivity contribution in [2.75, 3.05) is 18.4 Å². The summed E-state index contributed by atoms with van der Waals surface area (Å²) in [6.45, 7) is 5.22. The molecule has 0 heterocycles. The second-order valence-corrected chi connectivity index (χ2v) is 5.02. The topological polar surface area (TPSA) is 56.1 Å². The Kier molecular flexibility index (Phi) is 6.37. The summed E-state index contributed by atoms with van der Waals surface area (Å²) in [7, 11) is 0. The highest BCUT2D eigenvalue weighted by Gasteiger charge is 2.16. The van der Waals surface area contributed by atoms with Crippen molar-refractivity contribution in [3.05, 3.63) is 28.7 Å². The van der Waals surface area contributed by atoms with Crippen LogP contribution in [0.4, 0.5) is 5.69 Å². The average Bonchev–Trinajstić information content (AvgIpc) is 2.41. The van der Waals surface area contributed by atoms with Gasteiger partial charge < -0.3 is 10.2 Å². The highest BCUT2D eigenvalue weighted by molar-refractivity contribution is 9.10. The molecule has 0 aliphatic rings. The maximum atomic E-state index is 11.9. The lowest BCUT2D eigenvalue weighted by Crippen LogP contribution is -2.34. The lowest BCUT2D eigenvalue weighted by Gasteiger charge is -2.20. The first-order valence-corrected chi connectivity index (χ1v) is 7.09. The van der Waals surface area contributed by atoms with Gasteiger partial charge in [0.25, 0.3) is 0 Å². The minimum absolute atomic E-state index is 0.00108. The largest absolute Gasteiger partial charge is 0.369 e. The molecule has 102 valence electrons. The third kappa shape index (κ3) is 4.92. The van der Waals surface area contributed by atoms with Crippen LogP contribution in [-0.2, 0) is 4.79 Å². The first-order chi connectivity index (χ1) is 9.10. The molecule has 0 fully saturated rings. The van der Waals surface area contributed by atoms with Crippen LogP contribution in [0.2, 0.25) is 0 Å². The van der Waals surface area contributed by atoms with Crippen molar-refractivity contribution < 1.29 is 4.79 Å². The molecule has 0 bridgehead atoms. The molecule has 5 heteroatoms. The number of benzene rings is 1. The van der Waals surface area contributed by atoms with Gasteiger partial charge in [-0.15, -0.1) is 0 Å². The highest BCUT2D eigenvalue weighted by Crippen LogP contribution is 2.15. The number of rotatable bonds is 6. The van der Waals surface area contributed by atoms with Crippen LogP contribution in [0.5, 0.6) is 0 Å². The van der Waals surface area contributed by atoms with E-state index in [1.165, 1.54) is 0 Å². The second-order valence-electron chi connectivity index (χ2n) is 4.10. The molecule has 1 aromatic rings. The van der Waals surface area contributed by atoms with Crippen molar-refractivity contribution >= 4 is 27.5 Å². The summed E-state index contributed by atoms with van der Waals surface area (Å²) in [5.74, 6) is 0.00108. The van der Waals surface area contributed by atoms with Crippen LogP contribution in [0.3, 0.4) is 0 Å². The molecule has 0 saturated heterocycles. The summed E-state index contributed by atoms with van der Waals surface area (Å²) in [6.07, 6.45) is 0.189. The van der Waals surface area contributed by atoms with E-state index in [9.17, 15) is 4.79 Å². The number of hydrogen-bond donors (Lipinski definition) is 1. The van der Waals surface area contributed by atoms with E-state index in [0.717, 1.165) is 10.2 Å². The number of nitriles is 1. The van der Waals surface area contributed by atoms with Gasteiger partial charge in [0.15, 0.2) is 0 Å². The molecule has 0 spiro atoms. The number of carbonyl (C=O) groups excluding carboxylic acids is 1. The van der Waals surface area contributed by atoms with Crippen LogP contribution in [0, 0.1) is 11.3 Å². The molecule has 19 heavy (non-hydrogen) atoms. The van der Waals surface area contributed by atoms with E-state index in [2.05, 4.69) is 27.3 Å². The van der Waals surface area contributed by atoms with Crippen LogP contribution in [0.1, 0.15) is 20.3 Å². The Morgan fingerprint density at radius 3 is 2.42 bits per heavy atom. The third-order valence-electron chi connectivity index (χ3n) is 2.84. The van der Waals surface area contributed by atoms with Crippen molar-refractivity contribution in [2.45, 2.75) is 26.3 Å². The molecule has 1 rings (SSSR count).